The molecule has 2 aromatic heterocycles. The van der Waals surface area contributed by atoms with Gasteiger partial charge in [0, 0.05) is 32.1 Å². The smallest absolute Gasteiger partial charge is 0.271 e. The van der Waals surface area contributed by atoms with Gasteiger partial charge >= 0.3 is 0 Å². The minimum atomic E-state index is -0.319. The largest absolute Gasteiger partial charge is 0.346 e. The van der Waals surface area contributed by atoms with Gasteiger partial charge < -0.3 is 9.47 Å². The van der Waals surface area contributed by atoms with Crippen molar-refractivity contribution in [2.75, 3.05) is 7.05 Å². The second-order valence-corrected chi connectivity index (χ2v) is 6.26. The van der Waals surface area contributed by atoms with Crippen molar-refractivity contribution in [2.24, 2.45) is 7.05 Å². The molecule has 0 aliphatic rings. The molecule has 0 unspecified atom stereocenters. The summed E-state index contributed by atoms with van der Waals surface area (Å²) in [5.41, 5.74) is 2.76. The first-order valence-electron chi connectivity index (χ1n) is 8.39. The van der Waals surface area contributed by atoms with Gasteiger partial charge in [0.1, 0.15) is 5.69 Å². The summed E-state index contributed by atoms with van der Waals surface area (Å²) in [6.07, 6.45) is 3.40. The maximum atomic E-state index is 13.2. The molecule has 26 heavy (non-hydrogen) atoms. The van der Waals surface area contributed by atoms with E-state index in [0.717, 1.165) is 11.3 Å². The second kappa shape index (κ2) is 7.35. The van der Waals surface area contributed by atoms with Gasteiger partial charge in [0.15, 0.2) is 5.78 Å². The molecule has 132 valence electrons. The fraction of sp³-hybridized carbons (Fsp3) is 0.190. The fourth-order valence-electron chi connectivity index (χ4n) is 3.03. The second-order valence-electron chi connectivity index (χ2n) is 6.26. The number of carbonyl (C=O) groups is 2. The average molecular weight is 347 g/mol. The molecule has 0 saturated heterocycles. The number of aryl methyl sites for hydroxylation is 1. The van der Waals surface area contributed by atoms with Crippen molar-refractivity contribution in [3.63, 3.8) is 0 Å². The molecule has 0 fully saturated rings. The molecule has 5 nitrogen and oxygen atoms in total. The van der Waals surface area contributed by atoms with Crippen LogP contribution >= 0.6 is 0 Å². The van der Waals surface area contributed by atoms with E-state index >= 15 is 0 Å². The summed E-state index contributed by atoms with van der Waals surface area (Å²) in [6.45, 7) is 1.49. The Morgan fingerprint density at radius 1 is 1.08 bits per heavy atom. The molecular formula is C21H21N3O2. The van der Waals surface area contributed by atoms with E-state index in [2.05, 4.69) is 4.98 Å². The lowest BCUT2D eigenvalue weighted by atomic mass is 10.0. The van der Waals surface area contributed by atoms with Crippen LogP contribution in [0.3, 0.4) is 0 Å². The van der Waals surface area contributed by atoms with E-state index in [9.17, 15) is 9.59 Å². The summed E-state index contributed by atoms with van der Waals surface area (Å²) in [6, 6.07) is 16.8. The lowest BCUT2D eigenvalue weighted by Crippen LogP contribution is -2.33. The summed E-state index contributed by atoms with van der Waals surface area (Å²) in [5.74, 6) is -0.230. The number of benzene rings is 1. The maximum Gasteiger partial charge on any atom is 0.271 e. The molecule has 0 radical (unpaired) electrons. The Hall–Kier alpha value is -3.21. The lowest BCUT2D eigenvalue weighted by Gasteiger charge is -2.28. The number of nitrogens with zero attached hydrogens (tertiary/aromatic N) is 3. The van der Waals surface area contributed by atoms with Crippen molar-refractivity contribution in [3.05, 3.63) is 89.5 Å². The van der Waals surface area contributed by atoms with E-state index in [-0.39, 0.29) is 17.7 Å². The van der Waals surface area contributed by atoms with E-state index in [1.54, 1.807) is 42.0 Å². The highest BCUT2D eigenvalue weighted by molar-refractivity contribution is 5.99. The van der Waals surface area contributed by atoms with Gasteiger partial charge in [0.2, 0.25) is 0 Å². The van der Waals surface area contributed by atoms with Crippen LogP contribution in [0.1, 0.15) is 45.1 Å². The van der Waals surface area contributed by atoms with Crippen LogP contribution in [0.2, 0.25) is 0 Å². The first-order chi connectivity index (χ1) is 12.5. The van der Waals surface area contributed by atoms with Gasteiger partial charge in [0.25, 0.3) is 5.91 Å². The van der Waals surface area contributed by atoms with Crippen molar-refractivity contribution in [1.82, 2.24) is 14.5 Å². The minimum Gasteiger partial charge on any atom is -0.346 e. The average Bonchev–Trinajstić information content (AvgIpc) is 3.05. The quantitative estimate of drug-likeness (QED) is 0.664. The molecule has 1 atom stereocenters. The van der Waals surface area contributed by atoms with Crippen LogP contribution in [0.4, 0.5) is 0 Å². The normalized spacial score (nSPS) is 11.8. The molecule has 5 heteroatoms. The third kappa shape index (κ3) is 3.42. The number of hydrogen-bond acceptors (Lipinski definition) is 3. The van der Waals surface area contributed by atoms with Crippen LogP contribution in [-0.4, -0.2) is 33.2 Å². The molecule has 0 saturated carbocycles. The molecule has 3 rings (SSSR count). The topological polar surface area (TPSA) is 55.2 Å². The Bertz CT molecular complexity index is 877. The Morgan fingerprint density at radius 2 is 1.77 bits per heavy atom. The Balaban J connectivity index is 2.02. The van der Waals surface area contributed by atoms with Crippen molar-refractivity contribution in [2.45, 2.75) is 13.0 Å². The lowest BCUT2D eigenvalue weighted by molar-refractivity contribution is 0.0743. The molecule has 0 bridgehead atoms. The van der Waals surface area contributed by atoms with Crippen molar-refractivity contribution >= 4 is 11.7 Å². The molecule has 0 aliphatic carbocycles. The number of ketones is 1. The highest BCUT2D eigenvalue weighted by Gasteiger charge is 2.27. The number of Topliss-reactive ketones (excluding diaryl/α,β-unsaturated/α-hetero) is 1. The monoisotopic (exact) mass is 347 g/mol. The molecule has 3 aromatic rings. The number of carbonyl (C=O) groups excluding carboxylic acids is 2. The van der Waals surface area contributed by atoms with Gasteiger partial charge in [-0.25, -0.2) is 0 Å². The van der Waals surface area contributed by atoms with Crippen LogP contribution in [-0.2, 0) is 7.05 Å². The van der Waals surface area contributed by atoms with Gasteiger partial charge in [-0.15, -0.1) is 0 Å². The van der Waals surface area contributed by atoms with Crippen molar-refractivity contribution in [1.29, 1.82) is 0 Å². The maximum absolute atomic E-state index is 13.2. The predicted molar refractivity (Wildman–Crippen MR) is 100 cm³/mol. The fourth-order valence-corrected chi connectivity index (χ4v) is 3.03. The Morgan fingerprint density at radius 3 is 2.35 bits per heavy atom. The standard InChI is InChI=1S/C21H21N3O2/c1-15(25)17-13-19(23(2)14-17)21(26)24(3)20(16-9-5-4-6-10-16)18-11-7-8-12-22-18/h4-14,20H,1-3H3/t20-/m1/s1. The van der Waals surface area contributed by atoms with Crippen LogP contribution in [0, 0.1) is 0 Å². The Labute approximate surface area is 152 Å². The zero-order valence-electron chi connectivity index (χ0n) is 15.1. The van der Waals surface area contributed by atoms with Crippen LogP contribution in [0.15, 0.2) is 67.0 Å². The van der Waals surface area contributed by atoms with Crippen LogP contribution in [0.5, 0.6) is 0 Å². The van der Waals surface area contributed by atoms with E-state index < -0.39 is 0 Å². The molecule has 2 heterocycles. The van der Waals surface area contributed by atoms with Gasteiger partial charge in [-0.2, -0.15) is 0 Å². The number of rotatable bonds is 5. The highest BCUT2D eigenvalue weighted by atomic mass is 16.2. The zero-order valence-corrected chi connectivity index (χ0v) is 15.1. The molecule has 1 aromatic carbocycles. The molecule has 0 N–H and O–H groups in total. The van der Waals surface area contributed by atoms with Crippen molar-refractivity contribution in [3.8, 4) is 0 Å². The molecular weight excluding hydrogens is 326 g/mol. The number of pyridine rings is 1. The summed E-state index contributed by atoms with van der Waals surface area (Å²) >= 11 is 0. The van der Waals surface area contributed by atoms with Gasteiger partial charge in [-0.05, 0) is 30.7 Å². The van der Waals surface area contributed by atoms with E-state index in [1.165, 1.54) is 6.92 Å². The summed E-state index contributed by atoms with van der Waals surface area (Å²) < 4.78 is 1.69. The number of amides is 1. The van der Waals surface area contributed by atoms with Crippen LogP contribution < -0.4 is 0 Å². The summed E-state index contributed by atoms with van der Waals surface area (Å²) in [4.78, 5) is 30.9. The van der Waals surface area contributed by atoms with E-state index in [1.807, 2.05) is 48.5 Å². The minimum absolute atomic E-state index is 0.0633. The zero-order chi connectivity index (χ0) is 18.7. The van der Waals surface area contributed by atoms with E-state index in [4.69, 9.17) is 0 Å². The predicted octanol–water partition coefficient (Wildman–Crippen LogP) is 3.48. The molecule has 0 aliphatic heterocycles. The highest BCUT2D eigenvalue weighted by Crippen LogP contribution is 2.27. The third-order valence-corrected chi connectivity index (χ3v) is 4.42. The number of aromatic nitrogens is 2. The molecule has 0 spiro atoms. The van der Waals surface area contributed by atoms with Gasteiger partial charge in [-0.1, -0.05) is 36.4 Å². The van der Waals surface area contributed by atoms with Gasteiger partial charge in [0.05, 0.1) is 11.7 Å². The van der Waals surface area contributed by atoms with Crippen molar-refractivity contribution < 1.29 is 9.59 Å². The SMILES string of the molecule is CC(=O)c1cc(C(=O)N(C)[C@H](c2ccccc2)c2ccccn2)n(C)c1. The number of hydrogen-bond donors (Lipinski definition) is 0. The third-order valence-electron chi connectivity index (χ3n) is 4.42. The summed E-state index contributed by atoms with van der Waals surface area (Å²) in [5, 5.41) is 0. The van der Waals surface area contributed by atoms with E-state index in [0.29, 0.717) is 11.3 Å². The first kappa shape index (κ1) is 17.6. The first-order valence-corrected chi connectivity index (χ1v) is 8.39. The van der Waals surface area contributed by atoms with Crippen LogP contribution in [0.25, 0.3) is 0 Å². The summed E-state index contributed by atoms with van der Waals surface area (Å²) in [7, 11) is 3.53. The van der Waals surface area contributed by atoms with Gasteiger partial charge in [-0.3, -0.25) is 14.6 Å². The Kier molecular flexibility index (Phi) is 4.98. The molecule has 1 amide bonds.